The fourth-order valence-corrected chi connectivity index (χ4v) is 5.78. The molecule has 0 aromatic heterocycles. The van der Waals surface area contributed by atoms with Crippen molar-refractivity contribution in [1.82, 2.24) is 0 Å². The molecule has 0 saturated carbocycles. The molecule has 1 N–H and O–H groups in total. The van der Waals surface area contributed by atoms with Gasteiger partial charge in [0.15, 0.2) is 0 Å². The van der Waals surface area contributed by atoms with E-state index in [2.05, 4.69) is 96.5 Å². The lowest BCUT2D eigenvalue weighted by atomic mass is 9.76. The first kappa shape index (κ1) is 21.8. The molecule has 0 radical (unpaired) electrons. The number of unbranched alkanes of at least 4 members (excludes halogenated alkanes) is 2. The summed E-state index contributed by atoms with van der Waals surface area (Å²) in [6.07, 6.45) is 7.09. The number of benzene rings is 3. The third-order valence-electron chi connectivity index (χ3n) is 7.42. The molecule has 3 aromatic rings. The van der Waals surface area contributed by atoms with E-state index < -0.39 is 0 Å². The van der Waals surface area contributed by atoms with Gasteiger partial charge < -0.3 is 10.2 Å². The van der Waals surface area contributed by atoms with Crippen molar-refractivity contribution in [2.45, 2.75) is 57.3 Å². The van der Waals surface area contributed by atoms with Crippen LogP contribution in [0.2, 0.25) is 0 Å². The lowest BCUT2D eigenvalue weighted by molar-refractivity contribution is 0.571. The van der Waals surface area contributed by atoms with Gasteiger partial charge in [0, 0.05) is 42.0 Å². The van der Waals surface area contributed by atoms with Crippen LogP contribution in [0.15, 0.2) is 85.1 Å². The first-order chi connectivity index (χ1) is 16.2. The van der Waals surface area contributed by atoms with E-state index in [1.807, 2.05) is 0 Å². The average molecular weight is 437 g/mol. The summed E-state index contributed by atoms with van der Waals surface area (Å²) in [5, 5.41) is 3.70. The van der Waals surface area contributed by atoms with E-state index in [9.17, 15) is 0 Å². The Kier molecular flexibility index (Phi) is 6.53. The second-order valence-corrected chi connectivity index (χ2v) is 9.68. The number of hydrogen-bond acceptors (Lipinski definition) is 2. The molecule has 0 bridgehead atoms. The van der Waals surface area contributed by atoms with Gasteiger partial charge in [-0.1, -0.05) is 87.0 Å². The molecular formula is C31H36N2. The number of nitrogens with one attached hydrogen (secondary N) is 1. The SMILES string of the molecule is C=C(CCCCC)Nc1cc2c3c(c1)C(c1ccccc1)CCN3CCC2c1ccccc1. The third-order valence-corrected chi connectivity index (χ3v) is 7.42. The Morgan fingerprint density at radius 3 is 1.91 bits per heavy atom. The smallest absolute Gasteiger partial charge is 0.0445 e. The summed E-state index contributed by atoms with van der Waals surface area (Å²) in [5.41, 5.74) is 9.64. The Morgan fingerprint density at radius 2 is 1.39 bits per heavy atom. The van der Waals surface area contributed by atoms with Gasteiger partial charge in [-0.3, -0.25) is 0 Å². The van der Waals surface area contributed by atoms with Gasteiger partial charge in [-0.15, -0.1) is 0 Å². The van der Waals surface area contributed by atoms with Crippen molar-refractivity contribution in [2.24, 2.45) is 0 Å². The topological polar surface area (TPSA) is 15.3 Å². The van der Waals surface area contributed by atoms with Crippen LogP contribution in [0, 0.1) is 0 Å². The van der Waals surface area contributed by atoms with Gasteiger partial charge in [-0.05, 0) is 60.1 Å². The quantitative estimate of drug-likeness (QED) is 0.359. The molecule has 0 amide bonds. The van der Waals surface area contributed by atoms with E-state index in [0.717, 1.165) is 25.2 Å². The first-order valence-electron chi connectivity index (χ1n) is 12.7. The van der Waals surface area contributed by atoms with Gasteiger partial charge in [0.25, 0.3) is 0 Å². The minimum absolute atomic E-state index is 0.445. The van der Waals surface area contributed by atoms with Crippen LogP contribution in [-0.2, 0) is 0 Å². The fraction of sp³-hybridized carbons (Fsp3) is 0.355. The van der Waals surface area contributed by atoms with Crippen LogP contribution in [-0.4, -0.2) is 13.1 Å². The summed E-state index contributed by atoms with van der Waals surface area (Å²) in [5.74, 6) is 0.890. The van der Waals surface area contributed by atoms with Crippen molar-refractivity contribution in [3.8, 4) is 0 Å². The van der Waals surface area contributed by atoms with E-state index in [1.165, 1.54) is 65.7 Å². The molecule has 2 nitrogen and oxygen atoms in total. The highest BCUT2D eigenvalue weighted by Crippen LogP contribution is 2.49. The molecule has 2 aliphatic heterocycles. The number of allylic oxidation sites excluding steroid dienone is 1. The predicted octanol–water partition coefficient (Wildman–Crippen LogP) is 8.07. The lowest BCUT2D eigenvalue weighted by Gasteiger charge is -2.43. The van der Waals surface area contributed by atoms with Gasteiger partial charge in [0.2, 0.25) is 0 Å². The molecule has 170 valence electrons. The molecule has 0 aliphatic carbocycles. The Hall–Kier alpha value is -3.00. The maximum Gasteiger partial charge on any atom is 0.0445 e. The Labute approximate surface area is 199 Å². The van der Waals surface area contributed by atoms with Crippen molar-refractivity contribution in [2.75, 3.05) is 23.3 Å². The van der Waals surface area contributed by atoms with Crippen molar-refractivity contribution in [1.29, 1.82) is 0 Å². The maximum absolute atomic E-state index is 4.35. The van der Waals surface area contributed by atoms with Crippen LogP contribution in [0.4, 0.5) is 11.4 Å². The molecule has 5 rings (SSSR count). The number of hydrogen-bond donors (Lipinski definition) is 1. The first-order valence-corrected chi connectivity index (χ1v) is 12.7. The zero-order valence-electron chi connectivity index (χ0n) is 19.9. The standard InChI is InChI=1S/C31H36N2/c1-3-4-7-12-23(2)32-26-21-29-27(24-13-8-5-9-14-24)17-19-33-20-18-28(30(22-26)31(29)33)25-15-10-6-11-16-25/h5-6,8-11,13-16,21-22,27-28,32H,2-4,7,12,17-20H2,1H3. The maximum atomic E-state index is 4.35. The van der Waals surface area contributed by atoms with E-state index in [-0.39, 0.29) is 0 Å². The Bertz CT molecular complexity index is 1010. The van der Waals surface area contributed by atoms with Crippen LogP contribution in [0.5, 0.6) is 0 Å². The third kappa shape index (κ3) is 4.57. The van der Waals surface area contributed by atoms with Crippen molar-refractivity contribution in [3.63, 3.8) is 0 Å². The number of anilines is 2. The average Bonchev–Trinajstić information content (AvgIpc) is 2.85. The Balaban J connectivity index is 1.58. The molecule has 2 unspecified atom stereocenters. The second-order valence-electron chi connectivity index (χ2n) is 9.68. The summed E-state index contributed by atoms with van der Waals surface area (Å²) in [7, 11) is 0. The van der Waals surface area contributed by atoms with Gasteiger partial charge >= 0.3 is 0 Å². The van der Waals surface area contributed by atoms with E-state index in [1.54, 1.807) is 0 Å². The number of nitrogens with zero attached hydrogens (tertiary/aromatic N) is 1. The zero-order chi connectivity index (χ0) is 22.6. The van der Waals surface area contributed by atoms with E-state index >= 15 is 0 Å². The van der Waals surface area contributed by atoms with Crippen LogP contribution < -0.4 is 10.2 Å². The van der Waals surface area contributed by atoms with Crippen LogP contribution in [0.1, 0.15) is 79.5 Å². The zero-order valence-corrected chi connectivity index (χ0v) is 19.9. The Morgan fingerprint density at radius 1 is 0.848 bits per heavy atom. The van der Waals surface area contributed by atoms with Crippen LogP contribution in [0.3, 0.4) is 0 Å². The monoisotopic (exact) mass is 436 g/mol. The van der Waals surface area contributed by atoms with Crippen LogP contribution >= 0.6 is 0 Å². The normalized spacial score (nSPS) is 19.1. The summed E-state index contributed by atoms with van der Waals surface area (Å²) < 4.78 is 0. The molecule has 0 spiro atoms. The van der Waals surface area contributed by atoms with Crippen LogP contribution in [0.25, 0.3) is 0 Å². The minimum atomic E-state index is 0.445. The van der Waals surface area contributed by atoms with Crippen molar-refractivity contribution >= 4 is 11.4 Å². The molecule has 2 atom stereocenters. The highest BCUT2D eigenvalue weighted by atomic mass is 15.1. The highest BCUT2D eigenvalue weighted by Gasteiger charge is 2.35. The molecule has 33 heavy (non-hydrogen) atoms. The summed E-state index contributed by atoms with van der Waals surface area (Å²) >= 11 is 0. The summed E-state index contributed by atoms with van der Waals surface area (Å²) in [6, 6.07) is 27.0. The lowest BCUT2D eigenvalue weighted by Crippen LogP contribution is -2.37. The largest absolute Gasteiger partial charge is 0.371 e. The summed E-state index contributed by atoms with van der Waals surface area (Å²) in [4.78, 5) is 2.64. The minimum Gasteiger partial charge on any atom is -0.371 e. The summed E-state index contributed by atoms with van der Waals surface area (Å²) in [6.45, 7) is 8.88. The molecule has 0 saturated heterocycles. The molecule has 2 heterocycles. The number of rotatable bonds is 8. The van der Waals surface area contributed by atoms with Crippen molar-refractivity contribution < 1.29 is 0 Å². The highest BCUT2D eigenvalue weighted by molar-refractivity contribution is 5.73. The van der Waals surface area contributed by atoms with Gasteiger partial charge in [-0.2, -0.15) is 0 Å². The van der Waals surface area contributed by atoms with Gasteiger partial charge in [0.1, 0.15) is 0 Å². The fourth-order valence-electron chi connectivity index (χ4n) is 5.78. The van der Waals surface area contributed by atoms with E-state index in [4.69, 9.17) is 0 Å². The molecule has 0 fully saturated rings. The molecule has 3 aromatic carbocycles. The molecule has 2 heteroatoms. The predicted molar refractivity (Wildman–Crippen MR) is 141 cm³/mol. The van der Waals surface area contributed by atoms with E-state index in [0.29, 0.717) is 11.8 Å². The van der Waals surface area contributed by atoms with Gasteiger partial charge in [0.05, 0.1) is 0 Å². The van der Waals surface area contributed by atoms with Gasteiger partial charge in [-0.25, -0.2) is 0 Å². The molecular weight excluding hydrogens is 400 g/mol. The van der Waals surface area contributed by atoms with Crippen molar-refractivity contribution in [3.05, 3.63) is 107 Å². The second kappa shape index (κ2) is 9.87. The molecule has 2 aliphatic rings.